The Balaban J connectivity index is 1.24. The maximum atomic E-state index is 14.5. The van der Waals surface area contributed by atoms with E-state index < -0.39 is 74.0 Å². The largest absolute Gasteiger partial charge is 0.444 e. The molecule has 0 aromatic heterocycles. The Kier molecular flexibility index (Phi) is 10.2. The summed E-state index contributed by atoms with van der Waals surface area (Å²) in [6, 6.07) is 12.1. The summed E-state index contributed by atoms with van der Waals surface area (Å²) in [4.78, 5) is 58.3. The van der Waals surface area contributed by atoms with E-state index in [4.69, 9.17) is 4.74 Å². The number of ether oxygens (including phenoxy) is 1. The van der Waals surface area contributed by atoms with Crippen LogP contribution in [0.1, 0.15) is 83.4 Å². The molecule has 13 nitrogen and oxygen atoms in total. The molecule has 284 valence electrons. The van der Waals surface area contributed by atoms with Crippen LogP contribution in [0.4, 0.5) is 14.9 Å². The van der Waals surface area contributed by atoms with Crippen LogP contribution in [0.15, 0.2) is 42.5 Å². The number of rotatable bonds is 12. The molecule has 2 aliphatic heterocycles. The molecule has 3 N–H and O–H groups in total. The predicted molar refractivity (Wildman–Crippen MR) is 193 cm³/mol. The Hall–Kier alpha value is -4.71. The second kappa shape index (κ2) is 14.3. The first-order chi connectivity index (χ1) is 25.0. The van der Waals surface area contributed by atoms with Crippen LogP contribution >= 0.6 is 0 Å². The van der Waals surface area contributed by atoms with E-state index in [9.17, 15) is 37.2 Å². The van der Waals surface area contributed by atoms with E-state index in [0.29, 0.717) is 36.1 Å². The molecule has 3 fully saturated rings. The van der Waals surface area contributed by atoms with Gasteiger partial charge >= 0.3 is 6.09 Å². The van der Waals surface area contributed by atoms with Crippen molar-refractivity contribution in [1.82, 2.24) is 19.8 Å². The third-order valence-electron chi connectivity index (χ3n) is 11.0. The highest BCUT2D eigenvalue weighted by molar-refractivity contribution is 7.91. The predicted octanol–water partition coefficient (Wildman–Crippen LogP) is 4.08. The van der Waals surface area contributed by atoms with Crippen molar-refractivity contribution in [2.24, 2.45) is 11.8 Å². The summed E-state index contributed by atoms with van der Waals surface area (Å²) in [6.45, 7) is 9.16. The van der Waals surface area contributed by atoms with Crippen molar-refractivity contribution in [2.75, 3.05) is 11.9 Å². The third kappa shape index (κ3) is 7.69. The van der Waals surface area contributed by atoms with Gasteiger partial charge in [-0.1, -0.05) is 51.5 Å². The van der Waals surface area contributed by atoms with Gasteiger partial charge in [0.15, 0.2) is 0 Å². The molecule has 0 bridgehead atoms. The average Bonchev–Trinajstić information content (AvgIpc) is 4.01. The van der Waals surface area contributed by atoms with Crippen molar-refractivity contribution in [1.29, 1.82) is 5.26 Å². The summed E-state index contributed by atoms with van der Waals surface area (Å²) in [5.41, 5.74) is 0.158. The maximum Gasteiger partial charge on any atom is 0.410 e. The van der Waals surface area contributed by atoms with Gasteiger partial charge in [-0.2, -0.15) is 5.26 Å². The zero-order chi connectivity index (χ0) is 38.5. The van der Waals surface area contributed by atoms with Gasteiger partial charge < -0.3 is 20.3 Å². The van der Waals surface area contributed by atoms with Crippen molar-refractivity contribution < 1.29 is 36.7 Å². The molecule has 0 radical (unpaired) electrons. The number of hydrogen-bond acceptors (Lipinski definition) is 9. The first-order valence-electron chi connectivity index (χ1n) is 18.2. The average molecular weight is 751 g/mol. The molecule has 6 rings (SSSR count). The van der Waals surface area contributed by atoms with Crippen molar-refractivity contribution in [3.05, 3.63) is 65.0 Å². The fourth-order valence-corrected chi connectivity index (χ4v) is 8.70. The first kappa shape index (κ1) is 38.0. The summed E-state index contributed by atoms with van der Waals surface area (Å²) >= 11 is 0. The standard InChI is InChI=1S/C38H47FN6O7S/c1-6-24-17-38(24,35(48)43-53(50,51)28-13-14-28)42-33(46)31-16-27(52-36(49)44-18-23-9-7-12-30(39)29(23)20-44)19-45(31)34(47)32(22(2)3)41-26-11-8-10-25(15-26)37(4,5)21-40/h7-12,15,22,24,27-28,31-32,41H,6,13-14,16-20H2,1-5H3,(H,42,46)(H,43,48)/t24-,27?,31+,32+,38-/m1/s1. The van der Waals surface area contributed by atoms with Gasteiger partial charge in [-0.05, 0) is 74.3 Å². The number of fused-ring (bicyclic) bond motifs is 1. The van der Waals surface area contributed by atoms with Gasteiger partial charge in [0.1, 0.15) is 29.5 Å². The number of nitriles is 1. The van der Waals surface area contributed by atoms with E-state index in [1.807, 2.05) is 26.8 Å². The minimum Gasteiger partial charge on any atom is -0.444 e. The van der Waals surface area contributed by atoms with Crippen LogP contribution in [-0.4, -0.2) is 77.6 Å². The van der Waals surface area contributed by atoms with Crippen LogP contribution in [0.25, 0.3) is 0 Å². The maximum absolute atomic E-state index is 14.5. The molecular weight excluding hydrogens is 704 g/mol. The molecule has 15 heteroatoms. The molecule has 2 aromatic rings. The number of nitrogens with zero attached hydrogens (tertiary/aromatic N) is 3. The highest BCUT2D eigenvalue weighted by Crippen LogP contribution is 2.47. The number of carbonyl (C=O) groups excluding carboxylic acids is 4. The van der Waals surface area contributed by atoms with Crippen molar-refractivity contribution >= 4 is 39.5 Å². The van der Waals surface area contributed by atoms with Gasteiger partial charge in [-0.25, -0.2) is 17.6 Å². The summed E-state index contributed by atoms with van der Waals surface area (Å²) < 4.78 is 47.9. The second-order valence-electron chi connectivity index (χ2n) is 15.6. The number of likely N-dealkylation sites (tertiary alicyclic amines) is 1. The molecule has 2 saturated carbocycles. The molecular formula is C38H47FN6O7S. The van der Waals surface area contributed by atoms with Crippen LogP contribution in [0.2, 0.25) is 0 Å². The monoisotopic (exact) mass is 750 g/mol. The van der Waals surface area contributed by atoms with E-state index in [2.05, 4.69) is 21.4 Å². The zero-order valence-electron chi connectivity index (χ0n) is 30.6. The molecule has 2 aliphatic carbocycles. The van der Waals surface area contributed by atoms with E-state index in [-0.39, 0.29) is 44.3 Å². The van der Waals surface area contributed by atoms with Crippen LogP contribution in [0.5, 0.6) is 0 Å². The lowest BCUT2D eigenvalue weighted by Gasteiger charge is -2.32. The quantitative estimate of drug-likeness (QED) is 0.289. The summed E-state index contributed by atoms with van der Waals surface area (Å²) in [5, 5.41) is 15.2. The van der Waals surface area contributed by atoms with Gasteiger partial charge in [-0.3, -0.25) is 24.0 Å². The summed E-state index contributed by atoms with van der Waals surface area (Å²) in [7, 11) is -3.88. The van der Waals surface area contributed by atoms with E-state index in [0.717, 1.165) is 5.56 Å². The molecule has 2 aromatic carbocycles. The zero-order valence-corrected chi connectivity index (χ0v) is 31.5. The topological polar surface area (TPSA) is 178 Å². The SMILES string of the molecule is CC[C@@H]1C[C@]1(NC(=O)[C@@H]1CC(OC(=O)N2Cc3cccc(F)c3C2)CN1C(=O)[C@@H](Nc1cccc(C(C)(C)C#N)c1)C(C)C)C(=O)NS(=O)(=O)C1CC1. The number of carbonyl (C=O) groups is 4. The molecule has 53 heavy (non-hydrogen) atoms. The number of amides is 4. The van der Waals surface area contributed by atoms with Crippen LogP contribution < -0.4 is 15.4 Å². The number of halogens is 1. The highest BCUT2D eigenvalue weighted by Gasteiger charge is 2.62. The van der Waals surface area contributed by atoms with Crippen molar-refractivity contribution in [3.63, 3.8) is 0 Å². The Morgan fingerprint density at radius 2 is 1.83 bits per heavy atom. The number of hydrogen-bond donors (Lipinski definition) is 3. The van der Waals surface area contributed by atoms with Crippen molar-refractivity contribution in [2.45, 2.75) is 114 Å². The normalized spacial score (nSPS) is 24.2. The molecule has 1 unspecified atom stereocenters. The van der Waals surface area contributed by atoms with Crippen LogP contribution in [0.3, 0.4) is 0 Å². The molecule has 5 atom stereocenters. The summed E-state index contributed by atoms with van der Waals surface area (Å²) in [6.07, 6.45) is -0.0506. The molecule has 4 amide bonds. The fraction of sp³-hybridized carbons (Fsp3) is 0.553. The smallest absolute Gasteiger partial charge is 0.410 e. The molecule has 2 heterocycles. The van der Waals surface area contributed by atoms with Gasteiger partial charge in [-0.15, -0.1) is 0 Å². The highest BCUT2D eigenvalue weighted by atomic mass is 32.2. The lowest BCUT2D eigenvalue weighted by Crippen LogP contribution is -2.58. The lowest BCUT2D eigenvalue weighted by atomic mass is 9.86. The third-order valence-corrected chi connectivity index (χ3v) is 12.8. The Morgan fingerprint density at radius 3 is 2.45 bits per heavy atom. The Labute approximate surface area is 309 Å². The fourth-order valence-electron chi connectivity index (χ4n) is 7.33. The number of sulfonamides is 1. The van der Waals surface area contributed by atoms with Crippen LogP contribution in [0, 0.1) is 29.0 Å². The van der Waals surface area contributed by atoms with Gasteiger partial charge in [0.25, 0.3) is 5.91 Å². The van der Waals surface area contributed by atoms with E-state index in [1.165, 1.54) is 15.9 Å². The molecule has 1 saturated heterocycles. The molecule has 4 aliphatic rings. The van der Waals surface area contributed by atoms with E-state index in [1.54, 1.807) is 44.2 Å². The van der Waals surface area contributed by atoms with Crippen LogP contribution in [-0.2, 0) is 47.6 Å². The Bertz CT molecular complexity index is 1960. The van der Waals surface area contributed by atoms with E-state index >= 15 is 0 Å². The second-order valence-corrected chi connectivity index (χ2v) is 17.6. The first-order valence-corrected chi connectivity index (χ1v) is 19.7. The van der Waals surface area contributed by atoms with Gasteiger partial charge in [0.05, 0.1) is 29.8 Å². The lowest BCUT2D eigenvalue weighted by molar-refractivity contribution is -0.140. The van der Waals surface area contributed by atoms with Gasteiger partial charge in [0, 0.05) is 24.2 Å². The minimum absolute atomic E-state index is 0.0148. The van der Waals surface area contributed by atoms with Crippen molar-refractivity contribution in [3.8, 4) is 6.07 Å². The minimum atomic E-state index is -3.88. The molecule has 0 spiro atoms. The van der Waals surface area contributed by atoms with Gasteiger partial charge in [0.2, 0.25) is 21.8 Å². The number of benzene rings is 2. The number of anilines is 1. The Morgan fingerprint density at radius 1 is 1.11 bits per heavy atom. The number of nitrogens with one attached hydrogen (secondary N) is 3. The summed E-state index contributed by atoms with van der Waals surface area (Å²) in [5.74, 6) is -2.93.